The van der Waals surface area contributed by atoms with Crippen LogP contribution in [0, 0.1) is 0 Å². The Balaban J connectivity index is 2.34. The first-order chi connectivity index (χ1) is 7.60. The second-order valence-electron chi connectivity index (χ2n) is 3.51. The number of H-pyrrole nitrogens is 1. The molecule has 0 saturated carbocycles. The van der Waals surface area contributed by atoms with E-state index in [0.717, 1.165) is 6.42 Å². The monoisotopic (exact) mass is 240 g/mol. The molecule has 0 bridgehead atoms. The Kier molecular flexibility index (Phi) is 2.93. The first kappa shape index (κ1) is 11.1. The third-order valence-electron chi connectivity index (χ3n) is 2.41. The topological polar surface area (TPSA) is 70.2 Å². The summed E-state index contributed by atoms with van der Waals surface area (Å²) in [6.45, 7) is 0.874. The number of aromatic amines is 1. The Hall–Kier alpha value is -1.40. The highest BCUT2D eigenvalue weighted by Crippen LogP contribution is 2.15. The molecule has 0 aromatic carbocycles. The number of hydrogen-bond donors (Lipinski definition) is 1. The maximum absolute atomic E-state index is 12.1. The molecule has 0 saturated heterocycles. The summed E-state index contributed by atoms with van der Waals surface area (Å²) in [6, 6.07) is 2.54. The summed E-state index contributed by atoms with van der Waals surface area (Å²) in [4.78, 5) is 13.3. The van der Waals surface area contributed by atoms with Crippen LogP contribution in [0.15, 0.2) is 40.2 Å². The molecule has 0 unspecified atom stereocenters. The van der Waals surface area contributed by atoms with Crippen LogP contribution in [0.3, 0.4) is 0 Å². The van der Waals surface area contributed by atoms with Gasteiger partial charge in [0.1, 0.15) is 0 Å². The standard InChI is InChI=1S/C10H12N2O3S/c13-10-5-4-9(8-11-10)16(14,15)12-6-2-1-3-7-12/h1-2,4-5,8H,3,6-7H2,(H,11,13). The van der Waals surface area contributed by atoms with E-state index in [1.165, 1.54) is 22.6 Å². The summed E-state index contributed by atoms with van der Waals surface area (Å²) < 4.78 is 25.5. The summed E-state index contributed by atoms with van der Waals surface area (Å²) in [6.07, 6.45) is 5.74. The molecule has 0 aliphatic carbocycles. The fourth-order valence-corrected chi connectivity index (χ4v) is 2.92. The van der Waals surface area contributed by atoms with Gasteiger partial charge in [0.25, 0.3) is 0 Å². The largest absolute Gasteiger partial charge is 0.328 e. The lowest BCUT2D eigenvalue weighted by atomic mass is 10.3. The predicted molar refractivity (Wildman–Crippen MR) is 59.6 cm³/mol. The smallest absolute Gasteiger partial charge is 0.247 e. The molecule has 1 aliphatic heterocycles. The molecule has 0 fully saturated rings. The first-order valence-electron chi connectivity index (χ1n) is 4.94. The van der Waals surface area contributed by atoms with Gasteiger partial charge < -0.3 is 4.98 Å². The van der Waals surface area contributed by atoms with Crippen LogP contribution < -0.4 is 5.56 Å². The van der Waals surface area contributed by atoms with Crippen molar-refractivity contribution in [3.63, 3.8) is 0 Å². The lowest BCUT2D eigenvalue weighted by Crippen LogP contribution is -2.34. The number of pyridine rings is 1. The molecule has 1 aromatic heterocycles. The summed E-state index contributed by atoms with van der Waals surface area (Å²) in [7, 11) is -3.47. The van der Waals surface area contributed by atoms with Gasteiger partial charge in [-0.3, -0.25) is 4.79 Å². The van der Waals surface area contributed by atoms with Gasteiger partial charge in [-0.2, -0.15) is 4.31 Å². The number of nitrogens with one attached hydrogen (secondary N) is 1. The second-order valence-corrected chi connectivity index (χ2v) is 5.45. The Morgan fingerprint density at radius 3 is 2.62 bits per heavy atom. The molecular formula is C10H12N2O3S. The van der Waals surface area contributed by atoms with Crippen molar-refractivity contribution >= 4 is 10.0 Å². The molecule has 0 amide bonds. The highest BCUT2D eigenvalue weighted by atomic mass is 32.2. The average molecular weight is 240 g/mol. The minimum Gasteiger partial charge on any atom is -0.328 e. The summed E-state index contributed by atoms with van der Waals surface area (Å²) in [5.74, 6) is 0. The van der Waals surface area contributed by atoms with Crippen LogP contribution in [0.4, 0.5) is 0 Å². The van der Waals surface area contributed by atoms with Crippen LogP contribution in [0.5, 0.6) is 0 Å². The van der Waals surface area contributed by atoms with Crippen molar-refractivity contribution < 1.29 is 8.42 Å². The van der Waals surface area contributed by atoms with E-state index in [9.17, 15) is 13.2 Å². The van der Waals surface area contributed by atoms with Gasteiger partial charge in [0.05, 0.1) is 4.90 Å². The molecule has 1 N–H and O–H groups in total. The summed E-state index contributed by atoms with van der Waals surface area (Å²) in [5, 5.41) is 0. The molecule has 5 nitrogen and oxygen atoms in total. The second kappa shape index (κ2) is 4.23. The number of rotatable bonds is 2. The van der Waals surface area contributed by atoms with Gasteiger partial charge in [-0.05, 0) is 12.5 Å². The third-order valence-corrected chi connectivity index (χ3v) is 4.28. The third kappa shape index (κ3) is 2.07. The minimum atomic E-state index is -3.47. The number of nitrogens with zero attached hydrogens (tertiary/aromatic N) is 1. The number of aromatic nitrogens is 1. The molecule has 0 radical (unpaired) electrons. The molecule has 86 valence electrons. The fourth-order valence-electron chi connectivity index (χ4n) is 1.54. The highest BCUT2D eigenvalue weighted by Gasteiger charge is 2.24. The Labute approximate surface area is 93.5 Å². The molecule has 1 aliphatic rings. The van der Waals surface area contributed by atoms with E-state index in [0.29, 0.717) is 13.1 Å². The molecule has 1 aromatic rings. The van der Waals surface area contributed by atoms with E-state index in [4.69, 9.17) is 0 Å². The highest BCUT2D eigenvalue weighted by molar-refractivity contribution is 7.89. The van der Waals surface area contributed by atoms with Crippen LogP contribution >= 0.6 is 0 Å². The zero-order valence-electron chi connectivity index (χ0n) is 8.59. The van der Waals surface area contributed by atoms with E-state index >= 15 is 0 Å². The van der Waals surface area contributed by atoms with Crippen molar-refractivity contribution in [1.29, 1.82) is 0 Å². The van der Waals surface area contributed by atoms with Crippen molar-refractivity contribution in [3.8, 4) is 0 Å². The maximum Gasteiger partial charge on any atom is 0.247 e. The molecule has 16 heavy (non-hydrogen) atoms. The van der Waals surface area contributed by atoms with Gasteiger partial charge in [-0.25, -0.2) is 8.42 Å². The van der Waals surface area contributed by atoms with E-state index in [-0.39, 0.29) is 10.5 Å². The lowest BCUT2D eigenvalue weighted by Gasteiger charge is -2.22. The normalized spacial score (nSPS) is 17.5. The van der Waals surface area contributed by atoms with E-state index in [1.807, 2.05) is 12.2 Å². The first-order valence-corrected chi connectivity index (χ1v) is 6.38. The van der Waals surface area contributed by atoms with Crippen LogP contribution in [-0.4, -0.2) is 30.8 Å². The van der Waals surface area contributed by atoms with Crippen LogP contribution in [0.25, 0.3) is 0 Å². The van der Waals surface area contributed by atoms with Crippen LogP contribution in [0.1, 0.15) is 6.42 Å². The number of hydrogen-bond acceptors (Lipinski definition) is 3. The Morgan fingerprint density at radius 1 is 1.25 bits per heavy atom. The molecule has 2 heterocycles. The van der Waals surface area contributed by atoms with Gasteiger partial charge in [0, 0.05) is 25.4 Å². The zero-order chi connectivity index (χ0) is 11.6. The van der Waals surface area contributed by atoms with Crippen molar-refractivity contribution in [1.82, 2.24) is 9.29 Å². The Morgan fingerprint density at radius 2 is 2.06 bits per heavy atom. The van der Waals surface area contributed by atoms with Crippen molar-refractivity contribution in [2.45, 2.75) is 11.3 Å². The predicted octanol–water partition coefficient (Wildman–Crippen LogP) is 0.326. The van der Waals surface area contributed by atoms with Gasteiger partial charge in [0.15, 0.2) is 0 Å². The zero-order valence-corrected chi connectivity index (χ0v) is 9.40. The quantitative estimate of drug-likeness (QED) is 0.757. The lowest BCUT2D eigenvalue weighted by molar-refractivity contribution is 0.437. The van der Waals surface area contributed by atoms with Crippen LogP contribution in [-0.2, 0) is 10.0 Å². The van der Waals surface area contributed by atoms with Crippen molar-refractivity contribution in [3.05, 3.63) is 40.8 Å². The van der Waals surface area contributed by atoms with Crippen molar-refractivity contribution in [2.75, 3.05) is 13.1 Å². The van der Waals surface area contributed by atoms with E-state index in [2.05, 4.69) is 4.98 Å². The maximum atomic E-state index is 12.1. The molecular weight excluding hydrogens is 228 g/mol. The van der Waals surface area contributed by atoms with Gasteiger partial charge in [-0.1, -0.05) is 12.2 Å². The number of sulfonamides is 1. The van der Waals surface area contributed by atoms with Crippen molar-refractivity contribution in [2.24, 2.45) is 0 Å². The average Bonchev–Trinajstić information content (AvgIpc) is 2.31. The summed E-state index contributed by atoms with van der Waals surface area (Å²) in [5.41, 5.74) is -0.308. The molecule has 0 spiro atoms. The van der Waals surface area contributed by atoms with E-state index in [1.54, 1.807) is 0 Å². The minimum absolute atomic E-state index is 0.127. The Bertz CT molecular complexity index is 539. The SMILES string of the molecule is O=c1ccc(S(=O)(=O)N2CC=CCC2)c[nH]1. The van der Waals surface area contributed by atoms with Gasteiger partial charge in [-0.15, -0.1) is 0 Å². The van der Waals surface area contributed by atoms with Gasteiger partial charge in [0.2, 0.25) is 15.6 Å². The van der Waals surface area contributed by atoms with Crippen LogP contribution in [0.2, 0.25) is 0 Å². The molecule has 6 heteroatoms. The summed E-state index contributed by atoms with van der Waals surface area (Å²) >= 11 is 0. The molecule has 2 rings (SSSR count). The molecule has 0 atom stereocenters. The fraction of sp³-hybridized carbons (Fsp3) is 0.300. The van der Waals surface area contributed by atoms with E-state index < -0.39 is 10.0 Å². The van der Waals surface area contributed by atoms with Gasteiger partial charge >= 0.3 is 0 Å².